The average Bonchev–Trinajstić information content (AvgIpc) is 2.77. The lowest BCUT2D eigenvalue weighted by Gasteiger charge is -2.06. The molecule has 0 spiro atoms. The molecule has 0 fully saturated rings. The van der Waals surface area contributed by atoms with E-state index in [4.69, 9.17) is 5.73 Å². The van der Waals surface area contributed by atoms with Gasteiger partial charge in [0.25, 0.3) is 0 Å². The van der Waals surface area contributed by atoms with Gasteiger partial charge in [0.2, 0.25) is 0 Å². The number of hydrogen-bond acceptors (Lipinski definition) is 3. The molecule has 2 rings (SSSR count). The van der Waals surface area contributed by atoms with Crippen molar-refractivity contribution in [3.8, 4) is 11.3 Å². The molecule has 0 radical (unpaired) electrons. The zero-order valence-corrected chi connectivity index (χ0v) is 12.4. The summed E-state index contributed by atoms with van der Waals surface area (Å²) < 4.78 is 13.4. The largest absolute Gasteiger partial charge is 0.330 e. The Hall–Kier alpha value is -1.26. The Morgan fingerprint density at radius 2 is 2.11 bits per heavy atom. The third-order valence-corrected chi connectivity index (χ3v) is 4.43. The Balaban J connectivity index is 2.49. The normalized spacial score (nSPS) is 11.3. The quantitative estimate of drug-likeness (QED) is 0.921. The summed E-state index contributed by atoms with van der Waals surface area (Å²) in [6.07, 6.45) is 0.796. The molecule has 0 aliphatic rings. The Bertz CT molecular complexity index is 576. The Morgan fingerprint density at radius 1 is 1.37 bits per heavy atom. The van der Waals surface area contributed by atoms with Crippen LogP contribution in [0.2, 0.25) is 0 Å². The number of rotatable bonds is 4. The number of halogens is 1. The smallest absolute Gasteiger partial charge is 0.126 e. The molecule has 0 unspecified atom stereocenters. The molecule has 1 aromatic carbocycles. The maximum Gasteiger partial charge on any atom is 0.126 e. The number of aryl methyl sites for hydroxylation is 1. The molecule has 0 atom stereocenters. The van der Waals surface area contributed by atoms with Gasteiger partial charge in [-0.2, -0.15) is 0 Å². The fraction of sp³-hybridized carbons (Fsp3) is 0.400. The van der Waals surface area contributed by atoms with Gasteiger partial charge in [0, 0.05) is 16.9 Å². The molecule has 0 saturated heterocycles. The molecule has 0 aliphatic carbocycles. The molecule has 1 heterocycles. The summed E-state index contributed by atoms with van der Waals surface area (Å²) in [5.41, 5.74) is 8.22. The summed E-state index contributed by atoms with van der Waals surface area (Å²) in [6.45, 7) is 6.69. The number of hydrogen-bond donors (Lipinski definition) is 1. The van der Waals surface area contributed by atoms with Gasteiger partial charge >= 0.3 is 0 Å². The molecule has 2 aromatic rings. The third kappa shape index (κ3) is 3.01. The van der Waals surface area contributed by atoms with Crippen LogP contribution in [0, 0.1) is 12.7 Å². The van der Waals surface area contributed by atoms with Crippen LogP contribution in [0.4, 0.5) is 4.39 Å². The minimum absolute atomic E-state index is 0.174. The number of benzene rings is 1. The van der Waals surface area contributed by atoms with E-state index in [1.807, 2.05) is 6.07 Å². The van der Waals surface area contributed by atoms with Gasteiger partial charge in [0.15, 0.2) is 0 Å². The van der Waals surface area contributed by atoms with Gasteiger partial charge in [-0.05, 0) is 43.1 Å². The number of thiazole rings is 1. The van der Waals surface area contributed by atoms with Gasteiger partial charge in [0.05, 0.1) is 10.7 Å². The Labute approximate surface area is 117 Å². The highest BCUT2D eigenvalue weighted by atomic mass is 32.1. The van der Waals surface area contributed by atoms with Crippen LogP contribution in [0.25, 0.3) is 11.3 Å². The van der Waals surface area contributed by atoms with E-state index < -0.39 is 0 Å². The topological polar surface area (TPSA) is 38.9 Å². The fourth-order valence-electron chi connectivity index (χ4n) is 2.00. The van der Waals surface area contributed by atoms with Crippen molar-refractivity contribution in [2.45, 2.75) is 33.1 Å². The average molecular weight is 278 g/mol. The summed E-state index contributed by atoms with van der Waals surface area (Å²) >= 11 is 1.71. The maximum atomic E-state index is 13.4. The van der Waals surface area contributed by atoms with Crippen LogP contribution in [-0.4, -0.2) is 11.5 Å². The summed E-state index contributed by atoms with van der Waals surface area (Å²) in [6, 6.07) is 5.18. The second-order valence-electron chi connectivity index (χ2n) is 4.98. The van der Waals surface area contributed by atoms with Crippen LogP contribution in [0.1, 0.15) is 35.2 Å². The van der Waals surface area contributed by atoms with E-state index in [2.05, 4.69) is 18.8 Å². The third-order valence-electron chi connectivity index (χ3n) is 3.01. The van der Waals surface area contributed by atoms with Crippen molar-refractivity contribution in [1.82, 2.24) is 4.98 Å². The molecular formula is C15H19FN2S. The minimum atomic E-state index is -0.174. The highest BCUT2D eigenvalue weighted by Crippen LogP contribution is 2.34. The first-order valence-electron chi connectivity index (χ1n) is 6.49. The second kappa shape index (κ2) is 5.80. The number of nitrogens with two attached hydrogens (primary N) is 1. The van der Waals surface area contributed by atoms with Crippen LogP contribution in [-0.2, 0) is 6.42 Å². The lowest BCUT2D eigenvalue weighted by molar-refractivity contribution is 0.618. The number of nitrogens with zero attached hydrogens (tertiary/aromatic N) is 1. The van der Waals surface area contributed by atoms with Crippen molar-refractivity contribution < 1.29 is 4.39 Å². The summed E-state index contributed by atoms with van der Waals surface area (Å²) in [4.78, 5) is 5.92. The lowest BCUT2D eigenvalue weighted by Crippen LogP contribution is -2.01. The lowest BCUT2D eigenvalue weighted by atomic mass is 10.0. The zero-order valence-electron chi connectivity index (χ0n) is 11.5. The minimum Gasteiger partial charge on any atom is -0.330 e. The van der Waals surface area contributed by atoms with E-state index in [-0.39, 0.29) is 5.82 Å². The molecule has 0 aliphatic heterocycles. The van der Waals surface area contributed by atoms with Crippen molar-refractivity contribution >= 4 is 11.3 Å². The van der Waals surface area contributed by atoms with Crippen LogP contribution < -0.4 is 5.73 Å². The highest BCUT2D eigenvalue weighted by molar-refractivity contribution is 7.12. The van der Waals surface area contributed by atoms with E-state index in [1.165, 1.54) is 10.9 Å². The molecule has 2 N–H and O–H groups in total. The predicted molar refractivity (Wildman–Crippen MR) is 79.1 cm³/mol. The van der Waals surface area contributed by atoms with Crippen LogP contribution in [0.3, 0.4) is 0 Å². The van der Waals surface area contributed by atoms with Crippen molar-refractivity contribution in [2.75, 3.05) is 6.54 Å². The maximum absolute atomic E-state index is 13.4. The van der Waals surface area contributed by atoms with Gasteiger partial charge in [-0.1, -0.05) is 13.8 Å². The SMILES string of the molecule is Cc1cc(-c2nc(CCN)sc2C(C)C)ccc1F. The van der Waals surface area contributed by atoms with Crippen LogP contribution >= 0.6 is 11.3 Å². The predicted octanol–water partition coefficient (Wildman–Crippen LogP) is 3.88. The fourth-order valence-corrected chi connectivity index (χ4v) is 3.10. The molecule has 19 heavy (non-hydrogen) atoms. The van der Waals surface area contributed by atoms with E-state index in [1.54, 1.807) is 24.3 Å². The second-order valence-corrected chi connectivity index (χ2v) is 6.09. The van der Waals surface area contributed by atoms with Gasteiger partial charge < -0.3 is 5.73 Å². The Morgan fingerprint density at radius 3 is 2.68 bits per heavy atom. The van der Waals surface area contributed by atoms with Crippen molar-refractivity contribution in [3.05, 3.63) is 39.5 Å². The van der Waals surface area contributed by atoms with E-state index in [0.717, 1.165) is 22.7 Å². The van der Waals surface area contributed by atoms with Gasteiger partial charge in [0.1, 0.15) is 5.82 Å². The van der Waals surface area contributed by atoms with Gasteiger partial charge in [-0.3, -0.25) is 0 Å². The Kier molecular flexibility index (Phi) is 4.32. The molecule has 102 valence electrons. The highest BCUT2D eigenvalue weighted by Gasteiger charge is 2.16. The van der Waals surface area contributed by atoms with Gasteiger partial charge in [-0.25, -0.2) is 9.37 Å². The van der Waals surface area contributed by atoms with E-state index >= 15 is 0 Å². The van der Waals surface area contributed by atoms with Gasteiger partial charge in [-0.15, -0.1) is 11.3 Å². The first-order valence-corrected chi connectivity index (χ1v) is 7.30. The van der Waals surface area contributed by atoms with Crippen molar-refractivity contribution in [3.63, 3.8) is 0 Å². The molecule has 4 heteroatoms. The number of aromatic nitrogens is 1. The van der Waals surface area contributed by atoms with Crippen LogP contribution in [0.5, 0.6) is 0 Å². The van der Waals surface area contributed by atoms with Crippen molar-refractivity contribution in [2.24, 2.45) is 5.73 Å². The monoisotopic (exact) mass is 278 g/mol. The van der Waals surface area contributed by atoms with Crippen molar-refractivity contribution in [1.29, 1.82) is 0 Å². The molecule has 2 nitrogen and oxygen atoms in total. The van der Waals surface area contributed by atoms with E-state index in [0.29, 0.717) is 18.0 Å². The summed E-state index contributed by atoms with van der Waals surface area (Å²) in [5.74, 6) is 0.233. The van der Waals surface area contributed by atoms with E-state index in [9.17, 15) is 4.39 Å². The first kappa shape index (κ1) is 14.2. The summed E-state index contributed by atoms with van der Waals surface area (Å²) in [5, 5.41) is 1.06. The zero-order chi connectivity index (χ0) is 14.0. The standard InChI is InChI=1S/C15H19FN2S/c1-9(2)15-14(18-13(19-15)6-7-17)11-4-5-12(16)10(3)8-11/h4-5,8-9H,6-7,17H2,1-3H3. The molecule has 0 saturated carbocycles. The molecule has 0 bridgehead atoms. The van der Waals surface area contributed by atoms with Crippen LogP contribution in [0.15, 0.2) is 18.2 Å². The molecule has 1 aromatic heterocycles. The first-order chi connectivity index (χ1) is 9.02. The summed E-state index contributed by atoms with van der Waals surface area (Å²) in [7, 11) is 0. The molecule has 0 amide bonds. The molecular weight excluding hydrogens is 259 g/mol.